The van der Waals surface area contributed by atoms with Crippen LogP contribution in [0.1, 0.15) is 25.0 Å². The summed E-state index contributed by atoms with van der Waals surface area (Å²) in [5, 5.41) is 3.74. The fourth-order valence-electron chi connectivity index (χ4n) is 4.04. The van der Waals surface area contributed by atoms with Gasteiger partial charge in [-0.3, -0.25) is 13.9 Å². The van der Waals surface area contributed by atoms with Crippen LogP contribution in [0.2, 0.25) is 15.1 Å². The van der Waals surface area contributed by atoms with Crippen molar-refractivity contribution in [2.45, 2.75) is 38.9 Å². The van der Waals surface area contributed by atoms with Gasteiger partial charge >= 0.3 is 0 Å². The van der Waals surface area contributed by atoms with Crippen LogP contribution < -0.4 is 9.62 Å². The number of carbonyl (C=O) groups is 2. The van der Waals surface area contributed by atoms with E-state index in [-0.39, 0.29) is 40.6 Å². The van der Waals surface area contributed by atoms with E-state index in [2.05, 4.69) is 5.32 Å². The Morgan fingerprint density at radius 3 is 2.05 bits per heavy atom. The van der Waals surface area contributed by atoms with Crippen molar-refractivity contribution in [2.24, 2.45) is 0 Å². The van der Waals surface area contributed by atoms with Crippen molar-refractivity contribution < 1.29 is 18.0 Å². The van der Waals surface area contributed by atoms with Gasteiger partial charge in [0.15, 0.2) is 0 Å². The summed E-state index contributed by atoms with van der Waals surface area (Å²) in [6.45, 7) is 3.05. The third-order valence-corrected chi connectivity index (χ3v) is 7.76. The molecule has 3 aromatic rings. The van der Waals surface area contributed by atoms with Gasteiger partial charge < -0.3 is 10.2 Å². The normalized spacial score (nSPS) is 12.2. The summed E-state index contributed by atoms with van der Waals surface area (Å²) in [7, 11) is -3.94. The van der Waals surface area contributed by atoms with E-state index in [1.54, 1.807) is 24.3 Å². The van der Waals surface area contributed by atoms with E-state index in [0.717, 1.165) is 16.1 Å². The third-order valence-electron chi connectivity index (χ3n) is 5.82. The zero-order valence-electron chi connectivity index (χ0n) is 21.8. The highest BCUT2D eigenvalue weighted by Gasteiger charge is 2.33. The minimum atomic E-state index is -3.94. The Morgan fingerprint density at radius 2 is 1.49 bits per heavy atom. The van der Waals surface area contributed by atoms with E-state index in [9.17, 15) is 18.0 Å². The molecule has 0 aromatic heterocycles. The summed E-state index contributed by atoms with van der Waals surface area (Å²) in [5.74, 6) is -0.970. The minimum Gasteiger partial charge on any atom is -0.352 e. The van der Waals surface area contributed by atoms with Crippen LogP contribution in [0.15, 0.2) is 72.8 Å². The lowest BCUT2D eigenvalue weighted by Gasteiger charge is -2.34. The zero-order chi connectivity index (χ0) is 28.7. The molecule has 0 radical (unpaired) electrons. The maximum atomic E-state index is 14.0. The van der Waals surface area contributed by atoms with Crippen molar-refractivity contribution in [3.05, 3.63) is 99.0 Å². The Balaban J connectivity index is 2.08. The molecular weight excluding hydrogens is 581 g/mol. The highest BCUT2D eigenvalue weighted by molar-refractivity contribution is 7.92. The number of carbonyl (C=O) groups excluding carboxylic acids is 2. The van der Waals surface area contributed by atoms with Crippen molar-refractivity contribution in [1.82, 2.24) is 10.2 Å². The second kappa shape index (κ2) is 13.5. The topological polar surface area (TPSA) is 86.8 Å². The Kier molecular flexibility index (Phi) is 10.7. The first kappa shape index (κ1) is 30.8. The Hall–Kier alpha value is -2.78. The van der Waals surface area contributed by atoms with Crippen molar-refractivity contribution in [2.75, 3.05) is 17.1 Å². The number of sulfonamides is 1. The molecule has 0 heterocycles. The van der Waals surface area contributed by atoms with Crippen LogP contribution in [0.25, 0.3) is 0 Å². The van der Waals surface area contributed by atoms with Gasteiger partial charge in [0.05, 0.1) is 11.9 Å². The Labute approximate surface area is 244 Å². The van der Waals surface area contributed by atoms with Gasteiger partial charge in [0.25, 0.3) is 0 Å². The van der Waals surface area contributed by atoms with E-state index in [4.69, 9.17) is 34.8 Å². The number of benzene rings is 3. The molecule has 0 aliphatic rings. The molecule has 0 aliphatic carbocycles. The Morgan fingerprint density at radius 1 is 0.897 bits per heavy atom. The Bertz CT molecular complexity index is 1400. The first-order valence-electron chi connectivity index (χ1n) is 12.2. The summed E-state index contributed by atoms with van der Waals surface area (Å²) in [4.78, 5) is 28.9. The number of anilines is 1. The summed E-state index contributed by atoms with van der Waals surface area (Å²) >= 11 is 18.7. The van der Waals surface area contributed by atoms with Gasteiger partial charge in [-0.25, -0.2) is 8.42 Å². The zero-order valence-corrected chi connectivity index (χ0v) is 24.9. The fourth-order valence-corrected chi connectivity index (χ4v) is 5.59. The highest BCUT2D eigenvalue weighted by Crippen LogP contribution is 2.28. The lowest BCUT2D eigenvalue weighted by molar-refractivity contribution is -0.140. The van der Waals surface area contributed by atoms with Crippen LogP contribution in [-0.4, -0.2) is 50.0 Å². The quantitative estimate of drug-likeness (QED) is 0.307. The molecule has 1 atom stereocenters. The molecule has 39 heavy (non-hydrogen) atoms. The van der Waals surface area contributed by atoms with E-state index < -0.39 is 28.5 Å². The molecule has 0 saturated heterocycles. The molecule has 0 spiro atoms. The summed E-state index contributed by atoms with van der Waals surface area (Å²) in [5.41, 5.74) is 1.58. The second-order valence-electron chi connectivity index (χ2n) is 9.38. The summed E-state index contributed by atoms with van der Waals surface area (Å²) in [6.07, 6.45) is 1.19. The fraction of sp³-hybridized carbons (Fsp3) is 0.286. The molecule has 208 valence electrons. The first-order valence-corrected chi connectivity index (χ1v) is 15.1. The molecule has 3 aromatic carbocycles. The minimum absolute atomic E-state index is 0.0184. The van der Waals surface area contributed by atoms with Gasteiger partial charge in [-0.15, -0.1) is 0 Å². The molecule has 1 N–H and O–H groups in total. The molecule has 0 bridgehead atoms. The number of rotatable bonds is 11. The van der Waals surface area contributed by atoms with Gasteiger partial charge in [0.2, 0.25) is 21.8 Å². The van der Waals surface area contributed by atoms with E-state index in [0.29, 0.717) is 10.6 Å². The molecule has 0 aliphatic heterocycles. The van der Waals surface area contributed by atoms with Crippen molar-refractivity contribution in [3.63, 3.8) is 0 Å². The van der Waals surface area contributed by atoms with E-state index in [1.165, 1.54) is 23.1 Å². The van der Waals surface area contributed by atoms with Gasteiger partial charge in [-0.1, -0.05) is 83.3 Å². The van der Waals surface area contributed by atoms with Crippen LogP contribution in [0.5, 0.6) is 0 Å². The molecule has 0 fully saturated rings. The molecule has 0 saturated carbocycles. The maximum Gasteiger partial charge on any atom is 0.244 e. The molecule has 2 amide bonds. The molecule has 1 unspecified atom stereocenters. The number of amides is 2. The van der Waals surface area contributed by atoms with Crippen LogP contribution in [0, 0.1) is 0 Å². The number of nitrogens with zero attached hydrogens (tertiary/aromatic N) is 2. The predicted molar refractivity (Wildman–Crippen MR) is 158 cm³/mol. The van der Waals surface area contributed by atoms with Gasteiger partial charge in [-0.05, 0) is 49.2 Å². The average Bonchev–Trinajstić information content (AvgIpc) is 2.84. The largest absolute Gasteiger partial charge is 0.352 e. The number of halogens is 3. The molecule has 11 heteroatoms. The summed E-state index contributed by atoms with van der Waals surface area (Å²) < 4.78 is 26.6. The second-order valence-corrected chi connectivity index (χ2v) is 12.6. The third kappa shape index (κ3) is 8.86. The van der Waals surface area contributed by atoms with Crippen molar-refractivity contribution in [3.8, 4) is 0 Å². The maximum absolute atomic E-state index is 14.0. The number of hydrogen-bond acceptors (Lipinski definition) is 4. The lowest BCUT2D eigenvalue weighted by atomic mass is 10.0. The predicted octanol–water partition coefficient (Wildman–Crippen LogP) is 5.58. The van der Waals surface area contributed by atoms with Gasteiger partial charge in [-0.2, -0.15) is 0 Å². The number of nitrogens with one attached hydrogen (secondary N) is 1. The van der Waals surface area contributed by atoms with Crippen LogP contribution in [0.4, 0.5) is 5.69 Å². The lowest BCUT2D eigenvalue weighted by Crippen LogP contribution is -2.54. The molecule has 7 nitrogen and oxygen atoms in total. The first-order chi connectivity index (χ1) is 18.3. The van der Waals surface area contributed by atoms with E-state index in [1.807, 2.05) is 44.2 Å². The van der Waals surface area contributed by atoms with E-state index >= 15 is 0 Å². The van der Waals surface area contributed by atoms with Gasteiger partial charge in [0, 0.05) is 34.1 Å². The molecule has 3 rings (SSSR count). The average molecular weight is 611 g/mol. The molecular formula is C28H30Cl3N3O4S. The van der Waals surface area contributed by atoms with Crippen LogP contribution in [0.3, 0.4) is 0 Å². The smallest absolute Gasteiger partial charge is 0.244 e. The van der Waals surface area contributed by atoms with Gasteiger partial charge in [0.1, 0.15) is 12.6 Å². The summed E-state index contributed by atoms with van der Waals surface area (Å²) in [6, 6.07) is 19.4. The van der Waals surface area contributed by atoms with Crippen molar-refractivity contribution >= 4 is 62.3 Å². The highest BCUT2D eigenvalue weighted by atomic mass is 35.5. The van der Waals surface area contributed by atoms with Crippen LogP contribution in [-0.2, 0) is 32.6 Å². The van der Waals surface area contributed by atoms with Crippen LogP contribution >= 0.6 is 34.8 Å². The number of hydrogen-bond donors (Lipinski definition) is 1. The monoisotopic (exact) mass is 609 g/mol. The standard InChI is InChI=1S/C28H30Cl3N3O4S/c1-19(2)32-28(36)26(13-20-9-5-4-6-10-20)33(17-21-11-7-8-12-25(21)31)27(35)18-34(39(3,37)38)24-15-22(29)14-23(30)16-24/h4-12,14-16,19,26H,13,17-18H2,1-3H3,(H,32,36). The van der Waals surface area contributed by atoms with Crippen molar-refractivity contribution in [1.29, 1.82) is 0 Å². The SMILES string of the molecule is CC(C)NC(=O)C(Cc1ccccc1)N(Cc1ccccc1Cl)C(=O)CN(c1cc(Cl)cc(Cl)c1)S(C)(=O)=O.